The molecule has 0 radical (unpaired) electrons. The Labute approximate surface area is 125 Å². The molecule has 1 heterocycles. The first kappa shape index (κ1) is 15.8. The van der Waals surface area contributed by atoms with Gasteiger partial charge in [-0.3, -0.25) is 9.48 Å². The second-order valence-electron chi connectivity index (χ2n) is 5.50. The third-order valence-corrected chi connectivity index (χ3v) is 3.38. The van der Waals surface area contributed by atoms with Gasteiger partial charge in [0.05, 0.1) is 18.5 Å². The number of hydrogen-bond donors (Lipinski definition) is 3. The molecule has 0 aromatic carbocycles. The van der Waals surface area contributed by atoms with Crippen molar-refractivity contribution in [3.05, 3.63) is 12.4 Å². The van der Waals surface area contributed by atoms with E-state index >= 15 is 0 Å². The first-order valence-electron chi connectivity index (χ1n) is 7.48. The average Bonchev–Trinajstić information content (AvgIpc) is 3.15. The molecule has 1 amide bonds. The van der Waals surface area contributed by atoms with E-state index in [1.807, 2.05) is 6.20 Å². The zero-order chi connectivity index (χ0) is 15.1. The van der Waals surface area contributed by atoms with Crippen LogP contribution in [-0.4, -0.2) is 48.0 Å². The summed E-state index contributed by atoms with van der Waals surface area (Å²) in [5.74, 6) is 0.0173. The second kappa shape index (κ2) is 7.99. The van der Waals surface area contributed by atoms with E-state index in [1.54, 1.807) is 18.0 Å². The van der Waals surface area contributed by atoms with Gasteiger partial charge in [0.25, 0.3) is 0 Å². The van der Waals surface area contributed by atoms with E-state index in [9.17, 15) is 4.79 Å². The first-order valence-corrected chi connectivity index (χ1v) is 7.48. The smallest absolute Gasteiger partial charge is 0.241 e. The number of nitrogens with two attached hydrogens (primary N) is 1. The van der Waals surface area contributed by atoms with Gasteiger partial charge < -0.3 is 21.1 Å². The highest BCUT2D eigenvalue weighted by atomic mass is 16.5. The maximum atomic E-state index is 11.7. The van der Waals surface area contributed by atoms with Crippen molar-refractivity contribution in [1.82, 2.24) is 15.1 Å². The van der Waals surface area contributed by atoms with Gasteiger partial charge in [-0.2, -0.15) is 5.10 Å². The van der Waals surface area contributed by atoms with Crippen molar-refractivity contribution in [2.45, 2.75) is 44.3 Å². The number of amides is 1. The molecule has 1 fully saturated rings. The number of carbonyl (C=O) groups is 1. The number of carbonyl (C=O) groups excluding carboxylic acids is 1. The van der Waals surface area contributed by atoms with E-state index in [-0.39, 0.29) is 18.5 Å². The number of methoxy groups -OCH3 is 1. The summed E-state index contributed by atoms with van der Waals surface area (Å²) >= 11 is 0. The maximum absolute atomic E-state index is 11.7. The number of rotatable bonds is 10. The van der Waals surface area contributed by atoms with Gasteiger partial charge in [-0.25, -0.2) is 0 Å². The molecule has 1 aromatic heterocycles. The summed E-state index contributed by atoms with van der Waals surface area (Å²) in [4.78, 5) is 11.7. The van der Waals surface area contributed by atoms with Gasteiger partial charge in [-0.1, -0.05) is 0 Å². The molecular formula is C14H25N5O2. The van der Waals surface area contributed by atoms with Crippen LogP contribution in [0.25, 0.3) is 0 Å². The lowest BCUT2D eigenvalue weighted by Gasteiger charge is -2.17. The number of aromatic nitrogens is 2. The van der Waals surface area contributed by atoms with Crippen LogP contribution in [0.15, 0.2) is 12.4 Å². The molecule has 1 aromatic rings. The van der Waals surface area contributed by atoms with Crippen LogP contribution in [0.4, 0.5) is 5.69 Å². The summed E-state index contributed by atoms with van der Waals surface area (Å²) in [7, 11) is 1.68. The van der Waals surface area contributed by atoms with Crippen LogP contribution in [0.3, 0.4) is 0 Å². The molecule has 1 aliphatic carbocycles. The number of anilines is 1. The molecule has 21 heavy (non-hydrogen) atoms. The molecule has 7 nitrogen and oxygen atoms in total. The van der Waals surface area contributed by atoms with Crippen LogP contribution in [-0.2, 0) is 16.1 Å². The van der Waals surface area contributed by atoms with Crippen LogP contribution in [0.2, 0.25) is 0 Å². The minimum atomic E-state index is 0.0173. The Balaban J connectivity index is 1.80. The molecule has 118 valence electrons. The number of nitrogens with one attached hydrogen (secondary N) is 2. The molecule has 2 rings (SSSR count). The molecule has 0 spiro atoms. The van der Waals surface area contributed by atoms with Crippen molar-refractivity contribution in [3.63, 3.8) is 0 Å². The first-order chi connectivity index (χ1) is 10.2. The molecule has 0 aliphatic heterocycles. The van der Waals surface area contributed by atoms with Crippen molar-refractivity contribution in [1.29, 1.82) is 0 Å². The molecule has 7 heteroatoms. The van der Waals surface area contributed by atoms with Crippen molar-refractivity contribution in [3.8, 4) is 0 Å². The number of nitrogens with zero attached hydrogens (tertiary/aromatic N) is 2. The Morgan fingerprint density at radius 3 is 3.10 bits per heavy atom. The van der Waals surface area contributed by atoms with Crippen molar-refractivity contribution in [2.75, 3.05) is 25.6 Å². The SMILES string of the molecule is COCC(CCCN)Nc1cnn(CC(=O)NC2CC2)c1. The van der Waals surface area contributed by atoms with E-state index in [0.717, 1.165) is 31.4 Å². The molecule has 1 unspecified atom stereocenters. The minimum absolute atomic E-state index is 0.0173. The highest BCUT2D eigenvalue weighted by Crippen LogP contribution is 2.18. The number of hydrogen-bond acceptors (Lipinski definition) is 5. The lowest BCUT2D eigenvalue weighted by molar-refractivity contribution is -0.122. The van der Waals surface area contributed by atoms with Crippen molar-refractivity contribution in [2.24, 2.45) is 5.73 Å². The average molecular weight is 295 g/mol. The fraction of sp³-hybridized carbons (Fsp3) is 0.714. The van der Waals surface area contributed by atoms with Gasteiger partial charge in [-0.15, -0.1) is 0 Å². The van der Waals surface area contributed by atoms with Gasteiger partial charge >= 0.3 is 0 Å². The molecule has 0 bridgehead atoms. The summed E-state index contributed by atoms with van der Waals surface area (Å²) < 4.78 is 6.85. The van der Waals surface area contributed by atoms with Crippen molar-refractivity contribution < 1.29 is 9.53 Å². The Hall–Kier alpha value is -1.60. The van der Waals surface area contributed by atoms with Gasteiger partial charge in [0.15, 0.2) is 0 Å². The van der Waals surface area contributed by atoms with Crippen LogP contribution in [0, 0.1) is 0 Å². The monoisotopic (exact) mass is 295 g/mol. The largest absolute Gasteiger partial charge is 0.383 e. The molecule has 1 saturated carbocycles. The maximum Gasteiger partial charge on any atom is 0.241 e. The highest BCUT2D eigenvalue weighted by Gasteiger charge is 2.23. The predicted octanol–water partition coefficient (Wildman–Crippen LogP) is 0.328. The van der Waals surface area contributed by atoms with Gasteiger partial charge in [0.1, 0.15) is 6.54 Å². The van der Waals surface area contributed by atoms with Gasteiger partial charge in [-0.05, 0) is 32.2 Å². The summed E-state index contributed by atoms with van der Waals surface area (Å²) in [6, 6.07) is 0.587. The Morgan fingerprint density at radius 2 is 2.43 bits per heavy atom. The molecule has 1 atom stereocenters. The van der Waals surface area contributed by atoms with Crippen LogP contribution in [0.1, 0.15) is 25.7 Å². The lowest BCUT2D eigenvalue weighted by atomic mass is 10.1. The Bertz CT molecular complexity index is 444. The molecular weight excluding hydrogens is 270 g/mol. The standard InChI is InChI=1S/C14H25N5O2/c1-21-10-12(3-2-6-15)17-13-7-16-19(8-13)9-14(20)18-11-4-5-11/h7-8,11-12,17H,2-6,9-10,15H2,1H3,(H,18,20). The zero-order valence-corrected chi connectivity index (χ0v) is 12.5. The fourth-order valence-corrected chi connectivity index (χ4v) is 2.17. The summed E-state index contributed by atoms with van der Waals surface area (Å²) in [6.07, 6.45) is 7.65. The highest BCUT2D eigenvalue weighted by molar-refractivity contribution is 5.76. The quantitative estimate of drug-likeness (QED) is 0.578. The van der Waals surface area contributed by atoms with E-state index in [2.05, 4.69) is 15.7 Å². The molecule has 1 aliphatic rings. The minimum Gasteiger partial charge on any atom is -0.383 e. The van der Waals surface area contributed by atoms with Crippen LogP contribution < -0.4 is 16.4 Å². The molecule has 0 saturated heterocycles. The number of ether oxygens (including phenoxy) is 1. The third-order valence-electron chi connectivity index (χ3n) is 3.38. The zero-order valence-electron chi connectivity index (χ0n) is 12.5. The molecule has 4 N–H and O–H groups in total. The van der Waals surface area contributed by atoms with Gasteiger partial charge in [0.2, 0.25) is 5.91 Å². The topological polar surface area (TPSA) is 94.2 Å². The predicted molar refractivity (Wildman–Crippen MR) is 81.0 cm³/mol. The van der Waals surface area contributed by atoms with Gasteiger partial charge in [0, 0.05) is 25.4 Å². The van der Waals surface area contributed by atoms with Crippen LogP contribution >= 0.6 is 0 Å². The Kier molecular flexibility index (Phi) is 6.01. The third kappa shape index (κ3) is 5.73. The normalized spacial score (nSPS) is 15.7. The van der Waals surface area contributed by atoms with E-state index in [0.29, 0.717) is 19.2 Å². The van der Waals surface area contributed by atoms with E-state index in [1.165, 1.54) is 0 Å². The Morgan fingerprint density at radius 1 is 1.62 bits per heavy atom. The summed E-state index contributed by atoms with van der Waals surface area (Å²) in [5, 5.41) is 10.5. The summed E-state index contributed by atoms with van der Waals surface area (Å²) in [6.45, 7) is 1.55. The van der Waals surface area contributed by atoms with Crippen molar-refractivity contribution >= 4 is 11.6 Å². The fourth-order valence-electron chi connectivity index (χ4n) is 2.17. The lowest BCUT2D eigenvalue weighted by Crippen LogP contribution is -2.29. The van der Waals surface area contributed by atoms with E-state index < -0.39 is 0 Å². The second-order valence-corrected chi connectivity index (χ2v) is 5.50. The van der Waals surface area contributed by atoms with E-state index in [4.69, 9.17) is 10.5 Å². The summed E-state index contributed by atoms with van der Waals surface area (Å²) in [5.41, 5.74) is 6.44. The van der Waals surface area contributed by atoms with Crippen LogP contribution in [0.5, 0.6) is 0 Å².